The zero-order valence-corrected chi connectivity index (χ0v) is 16.6. The predicted octanol–water partition coefficient (Wildman–Crippen LogP) is 6.06. The minimum atomic E-state index is -1.25. The van der Waals surface area contributed by atoms with Gasteiger partial charge in [0, 0.05) is 11.6 Å². The number of halogens is 4. The lowest BCUT2D eigenvalue weighted by atomic mass is 10.0. The van der Waals surface area contributed by atoms with E-state index in [1.807, 2.05) is 0 Å². The van der Waals surface area contributed by atoms with Gasteiger partial charge >= 0.3 is 5.97 Å². The van der Waals surface area contributed by atoms with E-state index in [1.54, 1.807) is 0 Å². The third-order valence-corrected chi connectivity index (χ3v) is 4.95. The van der Waals surface area contributed by atoms with E-state index in [9.17, 15) is 22.8 Å². The van der Waals surface area contributed by atoms with Gasteiger partial charge in [-0.05, 0) is 43.3 Å². The van der Waals surface area contributed by atoms with E-state index in [-0.39, 0.29) is 38.6 Å². The largest absolute Gasteiger partial charge is 0.460 e. The molecule has 0 amide bonds. The molecule has 4 aromatic rings. The van der Waals surface area contributed by atoms with Gasteiger partial charge in [0.1, 0.15) is 40.1 Å². The Morgan fingerprint density at radius 3 is 2.26 bits per heavy atom. The molecule has 1 heterocycles. The number of hydrogen-bond donors (Lipinski definition) is 0. The zero-order chi connectivity index (χ0) is 22.3. The number of ether oxygens (including phenoxy) is 1. The van der Waals surface area contributed by atoms with Crippen molar-refractivity contribution in [2.75, 3.05) is 0 Å². The Hall–Kier alpha value is -3.58. The SMILES string of the molecule is Cc1oc2cc(OC(=O)c3c(F)cccc3F)ccc2c(=O)c1-c1c(F)cccc1Cl. The number of benzene rings is 3. The smallest absolute Gasteiger partial charge is 0.349 e. The van der Waals surface area contributed by atoms with E-state index >= 15 is 0 Å². The van der Waals surface area contributed by atoms with Crippen molar-refractivity contribution in [2.45, 2.75) is 6.92 Å². The van der Waals surface area contributed by atoms with Crippen LogP contribution in [0.4, 0.5) is 13.2 Å². The lowest BCUT2D eigenvalue weighted by molar-refractivity contribution is 0.0725. The van der Waals surface area contributed by atoms with Crippen LogP contribution in [0, 0.1) is 24.4 Å². The van der Waals surface area contributed by atoms with Crippen LogP contribution in [0.3, 0.4) is 0 Å². The van der Waals surface area contributed by atoms with Crippen LogP contribution >= 0.6 is 11.6 Å². The van der Waals surface area contributed by atoms with E-state index in [0.717, 1.165) is 18.2 Å². The normalized spacial score (nSPS) is 11.0. The molecule has 0 unspecified atom stereocenters. The lowest BCUT2D eigenvalue weighted by Gasteiger charge is -2.11. The Morgan fingerprint density at radius 2 is 1.58 bits per heavy atom. The Kier molecular flexibility index (Phi) is 5.29. The first-order valence-electron chi connectivity index (χ1n) is 8.96. The maximum atomic E-state index is 14.3. The van der Waals surface area contributed by atoms with E-state index in [4.69, 9.17) is 20.8 Å². The molecule has 0 saturated carbocycles. The second kappa shape index (κ2) is 7.92. The number of fused-ring (bicyclic) bond motifs is 1. The Bertz CT molecular complexity index is 1370. The molecule has 0 aliphatic rings. The Balaban J connectivity index is 1.78. The van der Waals surface area contributed by atoms with Crippen LogP contribution < -0.4 is 10.2 Å². The average molecular weight is 445 g/mol. The molecule has 31 heavy (non-hydrogen) atoms. The molecule has 0 N–H and O–H groups in total. The summed E-state index contributed by atoms with van der Waals surface area (Å²) in [6.45, 7) is 1.46. The van der Waals surface area contributed by atoms with Gasteiger partial charge in [0.15, 0.2) is 0 Å². The standard InChI is InChI=1S/C23H12ClF3O4/c1-11-19(20-14(24)4-2-5-15(20)25)22(28)13-9-8-12(10-18(13)30-11)31-23(29)21-16(26)6-3-7-17(21)27/h2-10H,1H3. The molecule has 3 aromatic carbocycles. The van der Waals surface area contributed by atoms with Crippen LogP contribution in [0.15, 0.2) is 63.8 Å². The van der Waals surface area contributed by atoms with Crippen molar-refractivity contribution in [3.8, 4) is 16.9 Å². The third-order valence-electron chi connectivity index (χ3n) is 4.63. The van der Waals surface area contributed by atoms with Gasteiger partial charge in [-0.15, -0.1) is 0 Å². The van der Waals surface area contributed by atoms with Crippen LogP contribution in [0.1, 0.15) is 16.1 Å². The van der Waals surface area contributed by atoms with Crippen LogP contribution in [0.2, 0.25) is 5.02 Å². The quantitative estimate of drug-likeness (QED) is 0.285. The second-order valence-corrected chi connectivity index (χ2v) is 7.01. The monoisotopic (exact) mass is 444 g/mol. The summed E-state index contributed by atoms with van der Waals surface area (Å²) in [4.78, 5) is 25.2. The van der Waals surface area contributed by atoms with Gasteiger partial charge in [-0.25, -0.2) is 18.0 Å². The van der Waals surface area contributed by atoms with E-state index < -0.39 is 34.4 Å². The second-order valence-electron chi connectivity index (χ2n) is 6.60. The van der Waals surface area contributed by atoms with Gasteiger partial charge in [-0.1, -0.05) is 23.7 Å². The first-order valence-corrected chi connectivity index (χ1v) is 9.33. The number of hydrogen-bond acceptors (Lipinski definition) is 4. The summed E-state index contributed by atoms with van der Waals surface area (Å²) in [6, 6.07) is 10.8. The average Bonchev–Trinajstić information content (AvgIpc) is 2.69. The van der Waals surface area contributed by atoms with E-state index in [0.29, 0.717) is 0 Å². The zero-order valence-electron chi connectivity index (χ0n) is 15.8. The highest BCUT2D eigenvalue weighted by Crippen LogP contribution is 2.33. The van der Waals surface area contributed by atoms with Crippen molar-refractivity contribution in [2.24, 2.45) is 0 Å². The van der Waals surface area contributed by atoms with Crippen LogP contribution in [0.25, 0.3) is 22.1 Å². The van der Waals surface area contributed by atoms with Crippen molar-refractivity contribution in [1.82, 2.24) is 0 Å². The predicted molar refractivity (Wildman–Crippen MR) is 109 cm³/mol. The van der Waals surface area contributed by atoms with Gasteiger partial charge in [0.2, 0.25) is 5.43 Å². The molecule has 0 radical (unpaired) electrons. The Labute approximate surface area is 178 Å². The summed E-state index contributed by atoms with van der Waals surface area (Å²) < 4.78 is 52.6. The molecule has 0 aliphatic heterocycles. The van der Waals surface area contributed by atoms with E-state index in [1.165, 1.54) is 43.3 Å². The molecule has 0 bridgehead atoms. The van der Waals surface area contributed by atoms with Crippen molar-refractivity contribution >= 4 is 28.5 Å². The summed E-state index contributed by atoms with van der Waals surface area (Å²) in [5.74, 6) is -4.07. The highest BCUT2D eigenvalue weighted by molar-refractivity contribution is 6.33. The van der Waals surface area contributed by atoms with Gasteiger partial charge in [0.25, 0.3) is 0 Å². The summed E-state index contributed by atoms with van der Waals surface area (Å²) in [7, 11) is 0. The number of aryl methyl sites for hydroxylation is 1. The van der Waals surface area contributed by atoms with Gasteiger partial charge in [-0.3, -0.25) is 4.79 Å². The number of carbonyl (C=O) groups is 1. The van der Waals surface area contributed by atoms with Gasteiger partial charge in [0.05, 0.1) is 16.0 Å². The minimum absolute atomic E-state index is 0.0335. The lowest BCUT2D eigenvalue weighted by Crippen LogP contribution is -2.13. The molecule has 8 heteroatoms. The molecule has 4 nitrogen and oxygen atoms in total. The fourth-order valence-electron chi connectivity index (χ4n) is 3.23. The highest BCUT2D eigenvalue weighted by Gasteiger charge is 2.22. The molecule has 0 saturated heterocycles. The Morgan fingerprint density at radius 1 is 0.935 bits per heavy atom. The van der Waals surface area contributed by atoms with Crippen molar-refractivity contribution in [3.63, 3.8) is 0 Å². The third kappa shape index (κ3) is 3.68. The molecule has 0 spiro atoms. The molecule has 0 fully saturated rings. The van der Waals surface area contributed by atoms with Crippen molar-refractivity contribution < 1.29 is 27.1 Å². The molecule has 0 aliphatic carbocycles. The van der Waals surface area contributed by atoms with Crippen LogP contribution in [-0.2, 0) is 0 Å². The molecular formula is C23H12ClF3O4. The maximum Gasteiger partial charge on any atom is 0.349 e. The number of carbonyl (C=O) groups excluding carboxylic acids is 1. The van der Waals surface area contributed by atoms with Crippen molar-refractivity contribution in [1.29, 1.82) is 0 Å². The minimum Gasteiger partial charge on any atom is -0.460 e. The van der Waals surface area contributed by atoms with Gasteiger partial charge < -0.3 is 9.15 Å². The number of esters is 1. The first kappa shape index (κ1) is 20.7. The van der Waals surface area contributed by atoms with Crippen molar-refractivity contribution in [3.05, 3.63) is 98.6 Å². The molecule has 0 atom stereocenters. The first-order chi connectivity index (χ1) is 14.8. The van der Waals surface area contributed by atoms with Crippen LogP contribution in [-0.4, -0.2) is 5.97 Å². The molecule has 156 valence electrons. The molecule has 4 rings (SSSR count). The van der Waals surface area contributed by atoms with Gasteiger partial charge in [-0.2, -0.15) is 0 Å². The number of rotatable bonds is 3. The fraction of sp³-hybridized carbons (Fsp3) is 0.0435. The summed E-state index contributed by atoms with van der Waals surface area (Å²) >= 11 is 6.09. The highest BCUT2D eigenvalue weighted by atomic mass is 35.5. The molecular weight excluding hydrogens is 433 g/mol. The summed E-state index contributed by atoms with van der Waals surface area (Å²) in [5.41, 5.74) is -1.46. The topological polar surface area (TPSA) is 56.5 Å². The maximum absolute atomic E-state index is 14.3. The summed E-state index contributed by atoms with van der Waals surface area (Å²) in [6.07, 6.45) is 0. The molecule has 1 aromatic heterocycles. The summed E-state index contributed by atoms with van der Waals surface area (Å²) in [5, 5.41) is 0.129. The van der Waals surface area contributed by atoms with Crippen LogP contribution in [0.5, 0.6) is 5.75 Å². The van der Waals surface area contributed by atoms with E-state index in [2.05, 4.69) is 0 Å². The fourth-order valence-corrected chi connectivity index (χ4v) is 3.48.